The number of rotatable bonds is 0. The number of ketones is 2. The van der Waals surface area contributed by atoms with Crippen LogP contribution >= 0.6 is 0 Å². The summed E-state index contributed by atoms with van der Waals surface area (Å²) in [5, 5.41) is 0. The Labute approximate surface area is 75.1 Å². The molecule has 1 heterocycles. The van der Waals surface area contributed by atoms with Gasteiger partial charge in [-0.25, -0.2) is 0 Å². The van der Waals surface area contributed by atoms with Gasteiger partial charge in [0.05, 0.1) is 5.56 Å². The normalized spacial score (nSPS) is 14.5. The number of pyridine rings is 1. The van der Waals surface area contributed by atoms with Gasteiger partial charge in [-0.15, -0.1) is 0 Å². The largest absolute Gasteiger partial charge is 0.289 e. The van der Waals surface area contributed by atoms with Crippen LogP contribution in [0.4, 0.5) is 0 Å². The SMILES string of the molecule is Cc1nccc2c1C(=O)C=CC2=O. The van der Waals surface area contributed by atoms with Gasteiger partial charge in [-0.3, -0.25) is 14.6 Å². The summed E-state index contributed by atoms with van der Waals surface area (Å²) in [6.07, 6.45) is 4.13. The van der Waals surface area contributed by atoms with Crippen LogP contribution in [0, 0.1) is 6.92 Å². The Bertz CT molecular complexity index is 433. The van der Waals surface area contributed by atoms with E-state index in [4.69, 9.17) is 0 Å². The lowest BCUT2D eigenvalue weighted by Gasteiger charge is -2.09. The second-order valence-electron chi connectivity index (χ2n) is 2.88. The minimum absolute atomic E-state index is 0.125. The highest BCUT2D eigenvalue weighted by Crippen LogP contribution is 2.18. The molecule has 0 saturated heterocycles. The van der Waals surface area contributed by atoms with Gasteiger partial charge < -0.3 is 0 Å². The molecule has 1 aromatic heterocycles. The predicted molar refractivity (Wildman–Crippen MR) is 46.8 cm³/mol. The van der Waals surface area contributed by atoms with Crippen LogP contribution in [0.25, 0.3) is 0 Å². The van der Waals surface area contributed by atoms with Crippen LogP contribution in [0.2, 0.25) is 0 Å². The number of carbonyl (C=O) groups excluding carboxylic acids is 2. The first-order valence-electron chi connectivity index (χ1n) is 3.92. The predicted octanol–water partition coefficient (Wildman–Crippen LogP) is 1.33. The number of hydrogen-bond acceptors (Lipinski definition) is 3. The monoisotopic (exact) mass is 173 g/mol. The maximum atomic E-state index is 11.4. The molecule has 0 bridgehead atoms. The molecule has 0 atom stereocenters. The topological polar surface area (TPSA) is 47.0 Å². The molecule has 3 nitrogen and oxygen atoms in total. The molecule has 1 aromatic rings. The number of fused-ring (bicyclic) bond motifs is 1. The Hall–Kier alpha value is -1.77. The smallest absolute Gasteiger partial charge is 0.188 e. The van der Waals surface area contributed by atoms with Crippen LogP contribution in [0.5, 0.6) is 0 Å². The molecule has 1 aliphatic rings. The molecule has 0 aliphatic heterocycles. The molecule has 1 aliphatic carbocycles. The standard InChI is InChI=1S/C10H7NO2/c1-6-10-7(4-5-11-6)8(12)2-3-9(10)13/h2-5H,1H3. The molecule has 0 saturated carbocycles. The number of allylic oxidation sites excluding steroid dienone is 2. The zero-order chi connectivity index (χ0) is 9.42. The first-order chi connectivity index (χ1) is 6.20. The summed E-state index contributed by atoms with van der Waals surface area (Å²) in [5.74, 6) is -0.264. The first kappa shape index (κ1) is 7.86. The Balaban J connectivity index is 2.76. The van der Waals surface area contributed by atoms with Crippen molar-refractivity contribution in [2.75, 3.05) is 0 Å². The summed E-state index contributed by atoms with van der Waals surface area (Å²) in [7, 11) is 0. The quantitative estimate of drug-likeness (QED) is 0.594. The highest BCUT2D eigenvalue weighted by Gasteiger charge is 2.20. The van der Waals surface area contributed by atoms with Crippen LogP contribution in [0.15, 0.2) is 24.4 Å². The van der Waals surface area contributed by atoms with Crippen molar-refractivity contribution in [1.82, 2.24) is 4.98 Å². The van der Waals surface area contributed by atoms with Crippen molar-refractivity contribution in [3.05, 3.63) is 41.2 Å². The molecular formula is C10H7NO2. The minimum Gasteiger partial charge on any atom is -0.289 e. The van der Waals surface area contributed by atoms with Gasteiger partial charge in [-0.2, -0.15) is 0 Å². The summed E-state index contributed by atoms with van der Waals surface area (Å²) in [4.78, 5) is 26.7. The lowest BCUT2D eigenvalue weighted by molar-refractivity contribution is 0.0993. The summed E-state index contributed by atoms with van der Waals surface area (Å²) in [6.45, 7) is 1.73. The zero-order valence-corrected chi connectivity index (χ0v) is 7.07. The molecule has 0 unspecified atom stereocenters. The molecule has 0 aromatic carbocycles. The van der Waals surface area contributed by atoms with Gasteiger partial charge in [0.2, 0.25) is 0 Å². The van der Waals surface area contributed by atoms with Crippen molar-refractivity contribution in [2.24, 2.45) is 0 Å². The third-order valence-corrected chi connectivity index (χ3v) is 2.04. The van der Waals surface area contributed by atoms with Crippen LogP contribution < -0.4 is 0 Å². The fourth-order valence-corrected chi connectivity index (χ4v) is 1.41. The van der Waals surface area contributed by atoms with E-state index in [9.17, 15) is 9.59 Å². The molecule has 64 valence electrons. The first-order valence-corrected chi connectivity index (χ1v) is 3.92. The van der Waals surface area contributed by atoms with Crippen molar-refractivity contribution in [3.63, 3.8) is 0 Å². The molecule has 0 N–H and O–H groups in total. The fourth-order valence-electron chi connectivity index (χ4n) is 1.41. The molecule has 13 heavy (non-hydrogen) atoms. The van der Waals surface area contributed by atoms with E-state index in [-0.39, 0.29) is 11.6 Å². The van der Waals surface area contributed by atoms with Gasteiger partial charge >= 0.3 is 0 Å². The Morgan fingerprint density at radius 3 is 2.54 bits per heavy atom. The average Bonchev–Trinajstić information content (AvgIpc) is 2.12. The van der Waals surface area contributed by atoms with Crippen molar-refractivity contribution < 1.29 is 9.59 Å². The molecule has 0 radical (unpaired) electrons. The average molecular weight is 173 g/mol. The lowest BCUT2D eigenvalue weighted by Crippen LogP contribution is -2.13. The fraction of sp³-hybridized carbons (Fsp3) is 0.100. The zero-order valence-electron chi connectivity index (χ0n) is 7.07. The second-order valence-corrected chi connectivity index (χ2v) is 2.88. The van der Waals surface area contributed by atoms with Gasteiger partial charge in [-0.05, 0) is 25.1 Å². The van der Waals surface area contributed by atoms with Gasteiger partial charge in [0.1, 0.15) is 0 Å². The number of aryl methyl sites for hydroxylation is 1. The van der Waals surface area contributed by atoms with E-state index >= 15 is 0 Å². The summed E-state index contributed by atoms with van der Waals surface area (Å²) in [6, 6.07) is 1.58. The summed E-state index contributed by atoms with van der Waals surface area (Å²) < 4.78 is 0. The van der Waals surface area contributed by atoms with Gasteiger partial charge in [0, 0.05) is 17.5 Å². The van der Waals surface area contributed by atoms with E-state index in [2.05, 4.69) is 4.98 Å². The maximum Gasteiger partial charge on any atom is 0.188 e. The van der Waals surface area contributed by atoms with Crippen molar-refractivity contribution in [3.8, 4) is 0 Å². The third kappa shape index (κ3) is 1.09. The molecular weight excluding hydrogens is 166 g/mol. The van der Waals surface area contributed by atoms with Crippen LogP contribution in [-0.2, 0) is 0 Å². The number of aromatic nitrogens is 1. The van der Waals surface area contributed by atoms with Gasteiger partial charge in [0.15, 0.2) is 11.6 Å². The lowest BCUT2D eigenvalue weighted by atomic mass is 9.94. The molecule has 0 amide bonds. The molecule has 2 rings (SSSR count). The molecule has 0 fully saturated rings. The Morgan fingerprint density at radius 1 is 1.15 bits per heavy atom. The van der Waals surface area contributed by atoms with E-state index in [1.807, 2.05) is 0 Å². The minimum atomic E-state index is -0.139. The van der Waals surface area contributed by atoms with Crippen LogP contribution in [-0.4, -0.2) is 16.6 Å². The number of nitrogens with zero attached hydrogens (tertiary/aromatic N) is 1. The highest BCUT2D eigenvalue weighted by molar-refractivity contribution is 6.22. The van der Waals surface area contributed by atoms with Crippen LogP contribution in [0.3, 0.4) is 0 Å². The molecule has 3 heteroatoms. The van der Waals surface area contributed by atoms with E-state index in [0.29, 0.717) is 16.8 Å². The van der Waals surface area contributed by atoms with Gasteiger partial charge in [0.25, 0.3) is 0 Å². The Kier molecular flexibility index (Phi) is 1.59. The van der Waals surface area contributed by atoms with Crippen molar-refractivity contribution in [2.45, 2.75) is 6.92 Å². The van der Waals surface area contributed by atoms with E-state index < -0.39 is 0 Å². The number of carbonyl (C=O) groups is 2. The van der Waals surface area contributed by atoms with E-state index in [1.165, 1.54) is 12.2 Å². The van der Waals surface area contributed by atoms with Crippen molar-refractivity contribution >= 4 is 11.6 Å². The van der Waals surface area contributed by atoms with E-state index in [0.717, 1.165) is 0 Å². The summed E-state index contributed by atoms with van der Waals surface area (Å²) >= 11 is 0. The maximum absolute atomic E-state index is 11.4. The second kappa shape index (κ2) is 2.62. The van der Waals surface area contributed by atoms with Crippen LogP contribution in [0.1, 0.15) is 26.4 Å². The van der Waals surface area contributed by atoms with Crippen molar-refractivity contribution in [1.29, 1.82) is 0 Å². The number of hydrogen-bond donors (Lipinski definition) is 0. The van der Waals surface area contributed by atoms with Gasteiger partial charge in [-0.1, -0.05) is 0 Å². The highest BCUT2D eigenvalue weighted by atomic mass is 16.1. The Morgan fingerprint density at radius 2 is 1.85 bits per heavy atom. The third-order valence-electron chi connectivity index (χ3n) is 2.04. The van der Waals surface area contributed by atoms with E-state index in [1.54, 1.807) is 19.2 Å². The summed E-state index contributed by atoms with van der Waals surface area (Å²) in [5.41, 5.74) is 1.51. The molecule has 0 spiro atoms.